The van der Waals surface area contributed by atoms with Crippen LogP contribution in [0.4, 0.5) is 11.4 Å². The van der Waals surface area contributed by atoms with E-state index in [1.807, 2.05) is 36.2 Å². The normalized spacial score (nSPS) is 21.6. The molecule has 0 bridgehead atoms. The Morgan fingerprint density at radius 2 is 1.90 bits per heavy atom. The fraction of sp³-hybridized carbons (Fsp3) is 0.636. The van der Waals surface area contributed by atoms with Crippen LogP contribution in [0.15, 0.2) is 24.3 Å². The molecule has 0 radical (unpaired) electrons. The molecule has 0 unspecified atom stereocenters. The maximum atomic E-state index is 13.5. The molecule has 1 aliphatic carbocycles. The number of amides is 2. The molecule has 1 aromatic rings. The SMILES string of the molecule is CNCCC1CCN(CC(=O)N2c3ccccc3NC(=O)C23CCCC3)CC1.Cl. The molecule has 1 aromatic carbocycles. The van der Waals surface area contributed by atoms with Crippen LogP contribution in [-0.2, 0) is 9.59 Å². The lowest BCUT2D eigenvalue weighted by atomic mass is 9.89. The summed E-state index contributed by atoms with van der Waals surface area (Å²) in [6.45, 7) is 3.40. The average Bonchev–Trinajstić information content (AvgIpc) is 3.19. The number of para-hydroxylation sites is 2. The summed E-state index contributed by atoms with van der Waals surface area (Å²) in [5.74, 6) is 0.808. The molecule has 29 heavy (non-hydrogen) atoms. The van der Waals surface area contributed by atoms with Crippen LogP contribution in [0.5, 0.6) is 0 Å². The van der Waals surface area contributed by atoms with Crippen LogP contribution in [0.25, 0.3) is 0 Å². The van der Waals surface area contributed by atoms with Gasteiger partial charge in [-0.1, -0.05) is 25.0 Å². The molecule has 7 heteroatoms. The van der Waals surface area contributed by atoms with Gasteiger partial charge in [0, 0.05) is 0 Å². The van der Waals surface area contributed by atoms with Crippen LogP contribution in [0.3, 0.4) is 0 Å². The first-order valence-corrected chi connectivity index (χ1v) is 10.7. The molecule has 2 aliphatic heterocycles. The van der Waals surface area contributed by atoms with E-state index in [0.717, 1.165) is 75.5 Å². The highest BCUT2D eigenvalue weighted by Gasteiger charge is 2.52. The predicted octanol–water partition coefficient (Wildman–Crippen LogP) is 3.03. The minimum atomic E-state index is -0.698. The number of anilines is 2. The van der Waals surface area contributed by atoms with Crippen molar-refractivity contribution in [2.45, 2.75) is 50.5 Å². The number of benzene rings is 1. The van der Waals surface area contributed by atoms with Crippen molar-refractivity contribution in [3.63, 3.8) is 0 Å². The van der Waals surface area contributed by atoms with E-state index in [-0.39, 0.29) is 24.2 Å². The van der Waals surface area contributed by atoms with Gasteiger partial charge in [0.05, 0.1) is 17.9 Å². The van der Waals surface area contributed by atoms with Gasteiger partial charge in [-0.05, 0) is 76.8 Å². The number of nitrogens with zero attached hydrogens (tertiary/aromatic N) is 2. The third-order valence-electron chi connectivity index (χ3n) is 6.79. The lowest BCUT2D eigenvalue weighted by molar-refractivity contribution is -0.128. The van der Waals surface area contributed by atoms with Gasteiger partial charge in [0.1, 0.15) is 5.54 Å². The second kappa shape index (κ2) is 9.45. The zero-order chi connectivity index (χ0) is 19.6. The Balaban J connectivity index is 0.00000240. The van der Waals surface area contributed by atoms with E-state index >= 15 is 0 Å². The summed E-state index contributed by atoms with van der Waals surface area (Å²) >= 11 is 0. The van der Waals surface area contributed by atoms with Crippen molar-refractivity contribution in [3.8, 4) is 0 Å². The van der Waals surface area contributed by atoms with Crippen LogP contribution in [0, 0.1) is 5.92 Å². The number of halogens is 1. The van der Waals surface area contributed by atoms with E-state index in [4.69, 9.17) is 0 Å². The van der Waals surface area contributed by atoms with Crippen LogP contribution in [0.2, 0.25) is 0 Å². The zero-order valence-corrected chi connectivity index (χ0v) is 18.1. The van der Waals surface area contributed by atoms with Crippen molar-refractivity contribution in [1.82, 2.24) is 10.2 Å². The number of fused-ring (bicyclic) bond motifs is 1. The molecule has 2 fully saturated rings. The molecule has 2 heterocycles. The molecule has 4 rings (SSSR count). The number of piperidine rings is 1. The summed E-state index contributed by atoms with van der Waals surface area (Å²) in [6, 6.07) is 7.72. The van der Waals surface area contributed by atoms with E-state index in [0.29, 0.717) is 6.54 Å². The van der Waals surface area contributed by atoms with E-state index in [1.165, 1.54) is 6.42 Å². The first kappa shape index (κ1) is 22.1. The number of hydrogen-bond acceptors (Lipinski definition) is 4. The summed E-state index contributed by atoms with van der Waals surface area (Å²) in [5, 5.41) is 6.28. The van der Waals surface area contributed by atoms with Gasteiger partial charge in [0.2, 0.25) is 5.91 Å². The van der Waals surface area contributed by atoms with Gasteiger partial charge >= 0.3 is 0 Å². The number of rotatable bonds is 5. The number of likely N-dealkylation sites (tertiary alicyclic amines) is 1. The van der Waals surface area contributed by atoms with Crippen LogP contribution in [0.1, 0.15) is 44.9 Å². The molecule has 0 atom stereocenters. The number of nitrogens with one attached hydrogen (secondary N) is 2. The summed E-state index contributed by atoms with van der Waals surface area (Å²) in [4.78, 5) is 30.6. The van der Waals surface area contributed by atoms with Gasteiger partial charge in [-0.3, -0.25) is 19.4 Å². The second-order valence-corrected chi connectivity index (χ2v) is 8.55. The first-order valence-electron chi connectivity index (χ1n) is 10.7. The Kier molecular flexibility index (Phi) is 7.19. The number of carbonyl (C=O) groups excluding carboxylic acids is 2. The lowest BCUT2D eigenvalue weighted by Crippen LogP contribution is -2.62. The van der Waals surface area contributed by atoms with Gasteiger partial charge in [-0.15, -0.1) is 12.4 Å². The van der Waals surface area contributed by atoms with Crippen molar-refractivity contribution >= 4 is 35.6 Å². The highest BCUT2D eigenvalue weighted by Crippen LogP contribution is 2.45. The molecule has 0 aromatic heterocycles. The highest BCUT2D eigenvalue weighted by atomic mass is 35.5. The zero-order valence-electron chi connectivity index (χ0n) is 17.3. The third kappa shape index (κ3) is 4.30. The standard InChI is InChI=1S/C22H32N4O2.ClH/c1-23-13-8-17-9-14-25(15-10-17)16-20(27)26-19-7-3-2-6-18(19)24-21(28)22(26)11-4-5-12-22;/h2-3,6-7,17,23H,4-5,8-16H2,1H3,(H,24,28);1H. The quantitative estimate of drug-likeness (QED) is 0.768. The largest absolute Gasteiger partial charge is 0.322 e. The van der Waals surface area contributed by atoms with Gasteiger partial charge in [0.25, 0.3) is 5.91 Å². The Bertz CT molecular complexity index is 727. The molecule has 1 saturated carbocycles. The van der Waals surface area contributed by atoms with Crippen LogP contribution in [-0.4, -0.2) is 55.5 Å². The minimum absolute atomic E-state index is 0. The van der Waals surface area contributed by atoms with Crippen LogP contribution >= 0.6 is 12.4 Å². The third-order valence-corrected chi connectivity index (χ3v) is 6.79. The molecular weight excluding hydrogens is 388 g/mol. The van der Waals surface area contributed by atoms with Gasteiger partial charge in [0.15, 0.2) is 0 Å². The fourth-order valence-electron chi connectivity index (χ4n) is 5.17. The van der Waals surface area contributed by atoms with Gasteiger partial charge < -0.3 is 10.6 Å². The van der Waals surface area contributed by atoms with Crippen molar-refractivity contribution < 1.29 is 9.59 Å². The Morgan fingerprint density at radius 1 is 1.21 bits per heavy atom. The van der Waals surface area contributed by atoms with E-state index in [1.54, 1.807) is 0 Å². The molecule has 6 nitrogen and oxygen atoms in total. The second-order valence-electron chi connectivity index (χ2n) is 8.55. The van der Waals surface area contributed by atoms with Crippen molar-refractivity contribution in [1.29, 1.82) is 0 Å². The molecule has 160 valence electrons. The Labute approximate surface area is 179 Å². The highest BCUT2D eigenvalue weighted by molar-refractivity contribution is 6.15. The molecule has 1 saturated heterocycles. The monoisotopic (exact) mass is 420 g/mol. The van der Waals surface area contributed by atoms with E-state index < -0.39 is 5.54 Å². The predicted molar refractivity (Wildman–Crippen MR) is 119 cm³/mol. The van der Waals surface area contributed by atoms with Crippen molar-refractivity contribution in [3.05, 3.63) is 24.3 Å². The summed E-state index contributed by atoms with van der Waals surface area (Å²) in [6.07, 6.45) is 7.01. The van der Waals surface area contributed by atoms with E-state index in [2.05, 4.69) is 15.5 Å². The summed E-state index contributed by atoms with van der Waals surface area (Å²) < 4.78 is 0. The molecule has 3 aliphatic rings. The molecular formula is C22H33ClN4O2. The number of carbonyl (C=O) groups is 2. The van der Waals surface area contributed by atoms with Gasteiger partial charge in [-0.2, -0.15) is 0 Å². The molecule has 2 amide bonds. The topological polar surface area (TPSA) is 64.7 Å². The number of hydrogen-bond donors (Lipinski definition) is 2. The lowest BCUT2D eigenvalue weighted by Gasteiger charge is -2.45. The fourth-order valence-corrected chi connectivity index (χ4v) is 5.17. The van der Waals surface area contributed by atoms with Gasteiger partial charge in [-0.25, -0.2) is 0 Å². The van der Waals surface area contributed by atoms with Crippen molar-refractivity contribution in [2.75, 3.05) is 43.4 Å². The van der Waals surface area contributed by atoms with Crippen molar-refractivity contribution in [2.24, 2.45) is 5.92 Å². The van der Waals surface area contributed by atoms with E-state index in [9.17, 15) is 9.59 Å². The maximum absolute atomic E-state index is 13.5. The Hall–Kier alpha value is -1.63. The smallest absolute Gasteiger partial charge is 0.250 e. The summed E-state index contributed by atoms with van der Waals surface area (Å²) in [7, 11) is 2.00. The average molecular weight is 421 g/mol. The first-order chi connectivity index (χ1) is 13.6. The maximum Gasteiger partial charge on any atom is 0.250 e. The van der Waals surface area contributed by atoms with Crippen LogP contribution < -0.4 is 15.5 Å². The summed E-state index contributed by atoms with van der Waals surface area (Å²) in [5.41, 5.74) is 0.915. The minimum Gasteiger partial charge on any atom is -0.322 e. The molecule has 2 N–H and O–H groups in total. The Morgan fingerprint density at radius 3 is 2.59 bits per heavy atom. The molecule has 1 spiro atoms.